The zero-order valence-electron chi connectivity index (χ0n) is 12.8. The third kappa shape index (κ3) is 2.28. The van der Waals surface area contributed by atoms with Crippen molar-refractivity contribution in [3.8, 4) is 27.9 Å². The minimum absolute atomic E-state index is 0.227. The molecule has 0 bridgehead atoms. The summed E-state index contributed by atoms with van der Waals surface area (Å²) in [7, 11) is 0. The van der Waals surface area contributed by atoms with Gasteiger partial charge in [-0.25, -0.2) is 9.67 Å². The Morgan fingerprint density at radius 3 is 3.00 bits per heavy atom. The lowest BCUT2D eigenvalue weighted by Crippen LogP contribution is -1.98. The van der Waals surface area contributed by atoms with Crippen molar-refractivity contribution < 1.29 is 14.2 Å². The summed E-state index contributed by atoms with van der Waals surface area (Å²) < 4.78 is 18.4. The largest absolute Gasteiger partial charge is 0.454 e. The molecule has 2 aromatic heterocycles. The van der Waals surface area contributed by atoms with Crippen LogP contribution in [-0.2, 0) is 4.74 Å². The van der Waals surface area contributed by atoms with E-state index in [0.717, 1.165) is 47.3 Å². The Labute approximate surface area is 142 Å². The van der Waals surface area contributed by atoms with Crippen LogP contribution in [0.1, 0.15) is 23.8 Å². The van der Waals surface area contributed by atoms with Gasteiger partial charge in [0.25, 0.3) is 0 Å². The zero-order chi connectivity index (χ0) is 15.9. The SMILES string of the molecule is c1nc(-c2ccc(C3CCCO3)s2)n(-c2ccc3c(c2)OCO3)n1. The molecule has 1 unspecified atom stereocenters. The standard InChI is InChI=1S/C17H15N3O3S/c1-2-13(21-7-1)15-5-6-16(24-15)17-18-9-19-20(17)11-3-4-12-14(8-11)23-10-22-12/h3-6,8-9,13H,1-2,7,10H2. The number of aromatic nitrogens is 3. The van der Waals surface area contributed by atoms with E-state index < -0.39 is 0 Å². The number of rotatable bonds is 3. The van der Waals surface area contributed by atoms with Crippen molar-refractivity contribution in [1.29, 1.82) is 0 Å². The van der Waals surface area contributed by atoms with Crippen LogP contribution in [-0.4, -0.2) is 28.2 Å². The molecule has 3 aromatic rings. The number of thiophene rings is 1. The lowest BCUT2D eigenvalue weighted by atomic mass is 10.2. The molecule has 2 aliphatic heterocycles. The predicted octanol–water partition coefficient (Wildman–Crippen LogP) is 3.58. The van der Waals surface area contributed by atoms with Crippen LogP contribution in [0.15, 0.2) is 36.7 Å². The van der Waals surface area contributed by atoms with Crippen molar-refractivity contribution in [3.63, 3.8) is 0 Å². The van der Waals surface area contributed by atoms with E-state index in [2.05, 4.69) is 22.2 Å². The van der Waals surface area contributed by atoms with Gasteiger partial charge >= 0.3 is 0 Å². The molecule has 0 amide bonds. The molecule has 1 atom stereocenters. The van der Waals surface area contributed by atoms with Gasteiger partial charge in [0.15, 0.2) is 17.3 Å². The summed E-state index contributed by atoms with van der Waals surface area (Å²) in [6, 6.07) is 10.0. The monoisotopic (exact) mass is 341 g/mol. The van der Waals surface area contributed by atoms with Gasteiger partial charge < -0.3 is 14.2 Å². The number of fused-ring (bicyclic) bond motifs is 1. The van der Waals surface area contributed by atoms with Gasteiger partial charge in [-0.05, 0) is 37.1 Å². The molecule has 0 spiro atoms. The van der Waals surface area contributed by atoms with E-state index in [-0.39, 0.29) is 12.9 Å². The van der Waals surface area contributed by atoms with Crippen molar-refractivity contribution in [2.24, 2.45) is 0 Å². The van der Waals surface area contributed by atoms with E-state index in [1.807, 2.05) is 22.9 Å². The van der Waals surface area contributed by atoms with E-state index in [4.69, 9.17) is 14.2 Å². The minimum atomic E-state index is 0.227. The maximum atomic E-state index is 5.77. The Balaban J connectivity index is 1.51. The van der Waals surface area contributed by atoms with Gasteiger partial charge in [-0.3, -0.25) is 0 Å². The van der Waals surface area contributed by atoms with Crippen molar-refractivity contribution in [2.45, 2.75) is 18.9 Å². The number of ether oxygens (including phenoxy) is 3. The van der Waals surface area contributed by atoms with Crippen LogP contribution < -0.4 is 9.47 Å². The summed E-state index contributed by atoms with van der Waals surface area (Å²) in [6.45, 7) is 1.12. The fourth-order valence-electron chi connectivity index (χ4n) is 3.06. The molecule has 1 fully saturated rings. The summed E-state index contributed by atoms with van der Waals surface area (Å²) >= 11 is 1.72. The highest BCUT2D eigenvalue weighted by molar-refractivity contribution is 7.15. The highest BCUT2D eigenvalue weighted by Crippen LogP contribution is 2.38. The quantitative estimate of drug-likeness (QED) is 0.729. The van der Waals surface area contributed by atoms with Crippen LogP contribution in [0, 0.1) is 0 Å². The summed E-state index contributed by atoms with van der Waals surface area (Å²) in [4.78, 5) is 6.78. The molecule has 0 N–H and O–H groups in total. The van der Waals surface area contributed by atoms with Crippen molar-refractivity contribution in [3.05, 3.63) is 41.5 Å². The molecule has 24 heavy (non-hydrogen) atoms. The van der Waals surface area contributed by atoms with E-state index in [0.29, 0.717) is 0 Å². The first kappa shape index (κ1) is 14.0. The van der Waals surface area contributed by atoms with E-state index in [1.165, 1.54) is 4.88 Å². The molecule has 7 heteroatoms. The second kappa shape index (κ2) is 5.61. The van der Waals surface area contributed by atoms with Gasteiger partial charge in [-0.2, -0.15) is 5.10 Å². The summed E-state index contributed by atoms with van der Waals surface area (Å²) in [5.41, 5.74) is 0.902. The molecule has 4 heterocycles. The van der Waals surface area contributed by atoms with E-state index in [1.54, 1.807) is 17.7 Å². The van der Waals surface area contributed by atoms with Crippen molar-refractivity contribution in [2.75, 3.05) is 13.4 Å². The summed E-state index contributed by atoms with van der Waals surface area (Å²) in [5.74, 6) is 2.32. The van der Waals surface area contributed by atoms with Gasteiger partial charge in [0.2, 0.25) is 6.79 Å². The zero-order valence-corrected chi connectivity index (χ0v) is 13.7. The Morgan fingerprint density at radius 1 is 1.12 bits per heavy atom. The second-order valence-corrected chi connectivity index (χ2v) is 6.85. The lowest BCUT2D eigenvalue weighted by Gasteiger charge is -2.06. The first-order valence-corrected chi connectivity index (χ1v) is 8.72. The Morgan fingerprint density at radius 2 is 2.08 bits per heavy atom. The van der Waals surface area contributed by atoms with E-state index in [9.17, 15) is 0 Å². The molecule has 122 valence electrons. The van der Waals surface area contributed by atoms with Gasteiger partial charge in [0.05, 0.1) is 16.7 Å². The van der Waals surface area contributed by atoms with Crippen molar-refractivity contribution in [1.82, 2.24) is 14.8 Å². The fourth-order valence-corrected chi connectivity index (χ4v) is 4.14. The van der Waals surface area contributed by atoms with Crippen LogP contribution in [0.4, 0.5) is 0 Å². The van der Waals surface area contributed by atoms with Crippen molar-refractivity contribution >= 4 is 11.3 Å². The molecule has 0 aliphatic carbocycles. The smallest absolute Gasteiger partial charge is 0.231 e. The number of hydrogen-bond acceptors (Lipinski definition) is 6. The van der Waals surface area contributed by atoms with Crippen LogP contribution in [0.25, 0.3) is 16.4 Å². The molecule has 1 saturated heterocycles. The molecule has 6 nitrogen and oxygen atoms in total. The first-order valence-electron chi connectivity index (χ1n) is 7.90. The molecular formula is C17H15N3O3S. The maximum absolute atomic E-state index is 5.77. The first-order chi connectivity index (χ1) is 11.9. The van der Waals surface area contributed by atoms with Crippen LogP contribution in [0.2, 0.25) is 0 Å². The minimum Gasteiger partial charge on any atom is -0.454 e. The normalized spacial score (nSPS) is 19.1. The highest BCUT2D eigenvalue weighted by atomic mass is 32.1. The number of nitrogens with zero attached hydrogens (tertiary/aromatic N) is 3. The maximum Gasteiger partial charge on any atom is 0.231 e. The second-order valence-electron chi connectivity index (χ2n) is 5.74. The molecule has 1 aromatic carbocycles. The van der Waals surface area contributed by atoms with Crippen LogP contribution in [0.3, 0.4) is 0 Å². The molecule has 0 saturated carbocycles. The number of hydrogen-bond donors (Lipinski definition) is 0. The van der Waals surface area contributed by atoms with Gasteiger partial charge in [-0.15, -0.1) is 11.3 Å². The predicted molar refractivity (Wildman–Crippen MR) is 88.7 cm³/mol. The molecular weight excluding hydrogens is 326 g/mol. The number of benzene rings is 1. The Kier molecular flexibility index (Phi) is 3.27. The summed E-state index contributed by atoms with van der Waals surface area (Å²) in [5, 5.41) is 4.38. The van der Waals surface area contributed by atoms with Gasteiger partial charge in [0, 0.05) is 17.6 Å². The summed E-state index contributed by atoms with van der Waals surface area (Å²) in [6.07, 6.45) is 4.02. The molecule has 5 rings (SSSR count). The Bertz CT molecular complexity index is 883. The lowest BCUT2D eigenvalue weighted by molar-refractivity contribution is 0.114. The van der Waals surface area contributed by atoms with Gasteiger partial charge in [0.1, 0.15) is 6.33 Å². The van der Waals surface area contributed by atoms with Crippen LogP contribution >= 0.6 is 11.3 Å². The molecule has 0 radical (unpaired) electrons. The highest BCUT2D eigenvalue weighted by Gasteiger charge is 2.21. The van der Waals surface area contributed by atoms with Gasteiger partial charge in [-0.1, -0.05) is 0 Å². The average molecular weight is 341 g/mol. The third-order valence-electron chi connectivity index (χ3n) is 4.24. The van der Waals surface area contributed by atoms with Crippen LogP contribution in [0.5, 0.6) is 11.5 Å². The fraction of sp³-hybridized carbons (Fsp3) is 0.294. The molecule has 2 aliphatic rings. The topological polar surface area (TPSA) is 58.4 Å². The van der Waals surface area contributed by atoms with E-state index >= 15 is 0 Å². The third-order valence-corrected chi connectivity index (χ3v) is 5.42. The average Bonchev–Trinajstić information content (AvgIpc) is 3.41. The Hall–Kier alpha value is -2.38.